The van der Waals surface area contributed by atoms with Gasteiger partial charge in [0.1, 0.15) is 11.9 Å². The van der Waals surface area contributed by atoms with Crippen LogP contribution in [0.4, 0.5) is 11.4 Å². The summed E-state index contributed by atoms with van der Waals surface area (Å²) in [5.74, 6) is 0.213. The smallest absolute Gasteiger partial charge is 0.485 e. The second-order valence-corrected chi connectivity index (χ2v) is 18.3. The van der Waals surface area contributed by atoms with E-state index in [2.05, 4.69) is 85.2 Å². The topological polar surface area (TPSA) is 206 Å². The van der Waals surface area contributed by atoms with Crippen molar-refractivity contribution in [2.24, 2.45) is 0 Å². The molecule has 1 aliphatic carbocycles. The van der Waals surface area contributed by atoms with Crippen LogP contribution in [0.2, 0.25) is 0 Å². The first-order chi connectivity index (χ1) is 33.9. The van der Waals surface area contributed by atoms with Gasteiger partial charge in [-0.25, -0.2) is 0 Å². The third kappa shape index (κ3) is 13.9. The maximum absolute atomic E-state index is 12.9. The van der Waals surface area contributed by atoms with Crippen LogP contribution < -0.4 is 68.9 Å². The van der Waals surface area contributed by atoms with E-state index in [1.165, 1.54) is 16.6 Å². The summed E-state index contributed by atoms with van der Waals surface area (Å²) < 4.78 is 79.3. The number of nitrogens with zero attached hydrogens (tertiary/aromatic N) is 2. The number of hydrogen-bond acceptors (Lipinski definition) is 16. The van der Waals surface area contributed by atoms with Crippen molar-refractivity contribution in [3.05, 3.63) is 131 Å². The average molecular weight is 1060 g/mol. The standard InChI is InChI=1S/C28H24NO4.C25H34NO4.2Na.2O3S/c1-3-32-25(31)16-28(2)26-20-7-5-4-6-17(20)9-11-22(26)29-13-12-23-21(27(28)29)14-18-8-10-19(30)15-24(18)33-23;1-6-28-22(27)17-25(5)18(4)26(16-15-23(29-7-2)30-8-3)21-14-13-19-11-9-10-12-20(19)24(21)25;;;2*1-4(2)3/h5-11,14-15,23H,3,12-13,16H2,1-2H3;10-14,18,23H,6-8,15-17H2,1-5H3;;;;/q2*-1;2*+1;;. The first kappa shape index (κ1) is 61.1. The number of anilines is 2. The molecule has 0 radical (unpaired) electrons. The summed E-state index contributed by atoms with van der Waals surface area (Å²) in [7, 11) is -6.22. The molecule has 4 aromatic rings. The van der Waals surface area contributed by atoms with Crippen LogP contribution in [0.1, 0.15) is 85.3 Å². The predicted octanol–water partition coefficient (Wildman–Crippen LogP) is 1.53. The number of rotatable bonds is 13. The van der Waals surface area contributed by atoms with Crippen LogP contribution in [0, 0.1) is 12.1 Å². The van der Waals surface area contributed by atoms with Crippen LogP contribution in [0.15, 0.2) is 108 Å². The van der Waals surface area contributed by atoms with Crippen molar-refractivity contribution in [3.8, 4) is 0 Å². The molecule has 4 heterocycles. The monoisotopic (exact) mass is 1060 g/mol. The van der Waals surface area contributed by atoms with Crippen LogP contribution in [-0.4, -0.2) is 101 Å². The van der Waals surface area contributed by atoms with Crippen molar-refractivity contribution in [1.29, 1.82) is 0 Å². The Labute approximate surface area is 473 Å². The number of carbonyl (C=O) groups excluding carboxylic acids is 3. The van der Waals surface area contributed by atoms with Gasteiger partial charge in [0.25, 0.3) is 0 Å². The Morgan fingerprint density at radius 3 is 1.86 bits per heavy atom. The van der Waals surface area contributed by atoms with Crippen LogP contribution in [0.3, 0.4) is 0 Å². The summed E-state index contributed by atoms with van der Waals surface area (Å²) in [5.41, 5.74) is 6.82. The Morgan fingerprint density at radius 2 is 1.30 bits per heavy atom. The summed E-state index contributed by atoms with van der Waals surface area (Å²) >= 11 is 0. The summed E-state index contributed by atoms with van der Waals surface area (Å²) in [6.07, 6.45) is 8.86. The third-order valence-electron chi connectivity index (χ3n) is 13.3. The Morgan fingerprint density at radius 1 is 0.753 bits per heavy atom. The zero-order chi connectivity index (χ0) is 51.6. The van der Waals surface area contributed by atoms with E-state index in [4.69, 9.17) is 48.9 Å². The Kier molecular flexibility index (Phi) is 22.9. The van der Waals surface area contributed by atoms with Crippen molar-refractivity contribution in [1.82, 2.24) is 0 Å². The summed E-state index contributed by atoms with van der Waals surface area (Å²) in [6.45, 7) is 17.8. The Hall–Kier alpha value is -4.47. The fraction of sp³-hybridized carbons (Fsp3) is 0.415. The molecule has 0 bridgehead atoms. The van der Waals surface area contributed by atoms with E-state index in [0.717, 1.165) is 70.2 Å². The third-order valence-corrected chi connectivity index (χ3v) is 13.3. The number of esters is 2. The fourth-order valence-electron chi connectivity index (χ4n) is 10.5. The Balaban J connectivity index is 0.000000271. The van der Waals surface area contributed by atoms with Crippen molar-refractivity contribution < 1.29 is 122 Å². The average Bonchev–Trinajstić information content (AvgIpc) is 3.70. The number of benzene rings is 4. The number of carbonyl (C=O) groups is 3. The van der Waals surface area contributed by atoms with Crippen LogP contribution >= 0.6 is 0 Å². The van der Waals surface area contributed by atoms with Gasteiger partial charge >= 0.3 is 92.3 Å². The van der Waals surface area contributed by atoms with E-state index in [0.29, 0.717) is 38.6 Å². The minimum Gasteiger partial charge on any atom is -0.485 e. The molecule has 0 amide bonds. The molecule has 0 fully saturated rings. The van der Waals surface area contributed by atoms with E-state index in [-0.39, 0.29) is 107 Å². The quantitative estimate of drug-likeness (QED) is 0.0806. The fourth-order valence-corrected chi connectivity index (χ4v) is 10.5. The van der Waals surface area contributed by atoms with Gasteiger partial charge in [0, 0.05) is 90.3 Å². The zero-order valence-electron chi connectivity index (χ0n) is 42.8. The van der Waals surface area contributed by atoms with Crippen molar-refractivity contribution >= 4 is 71.9 Å². The van der Waals surface area contributed by atoms with Crippen LogP contribution in [0.25, 0.3) is 21.5 Å². The summed E-state index contributed by atoms with van der Waals surface area (Å²) in [6, 6.07) is 27.1. The van der Waals surface area contributed by atoms with Gasteiger partial charge in [-0.05, 0) is 77.0 Å². The molecule has 4 unspecified atom stereocenters. The first-order valence-corrected chi connectivity index (χ1v) is 25.5. The van der Waals surface area contributed by atoms with Gasteiger partial charge in [0.05, 0.1) is 26.1 Å². The van der Waals surface area contributed by atoms with Gasteiger partial charge in [-0.1, -0.05) is 13.0 Å². The molecule has 0 saturated heterocycles. The molecule has 0 saturated carbocycles. The molecule has 5 aliphatic rings. The second-order valence-electron chi connectivity index (χ2n) is 17.5. The van der Waals surface area contributed by atoms with E-state index >= 15 is 0 Å². The molecule has 4 aliphatic heterocycles. The van der Waals surface area contributed by atoms with Crippen LogP contribution in [0.5, 0.6) is 0 Å². The molecule has 0 aromatic heterocycles. The number of allylic oxidation sites excluding steroid dienone is 4. The molecule has 73 heavy (non-hydrogen) atoms. The molecular weight excluding hydrogens is 999 g/mol. The molecule has 4 aromatic carbocycles. The number of ketones is 1. The van der Waals surface area contributed by atoms with E-state index in [1.54, 1.807) is 12.2 Å². The summed E-state index contributed by atoms with van der Waals surface area (Å²) in [5, 5.41) is 4.55. The van der Waals surface area contributed by atoms with Crippen LogP contribution in [-0.2, 0) is 70.1 Å². The van der Waals surface area contributed by atoms with Crippen molar-refractivity contribution in [2.45, 2.75) is 103 Å². The molecule has 20 heteroatoms. The number of fused-ring (bicyclic) bond motifs is 10. The Bertz CT molecular complexity index is 3010. The maximum Gasteiger partial charge on any atom is 1.00 e. The number of hydrogen-bond donors (Lipinski definition) is 0. The molecule has 16 nitrogen and oxygen atoms in total. The van der Waals surface area contributed by atoms with Gasteiger partial charge < -0.3 is 33.5 Å². The van der Waals surface area contributed by atoms with Gasteiger partial charge in [0.15, 0.2) is 12.1 Å². The van der Waals surface area contributed by atoms with Gasteiger partial charge in [-0.3, -0.25) is 14.4 Å². The van der Waals surface area contributed by atoms with Gasteiger partial charge in [0.2, 0.25) is 0 Å². The van der Waals surface area contributed by atoms with E-state index in [1.807, 2.05) is 58.0 Å². The summed E-state index contributed by atoms with van der Waals surface area (Å²) in [4.78, 5) is 42.1. The van der Waals surface area contributed by atoms with E-state index in [9.17, 15) is 14.4 Å². The van der Waals surface area contributed by atoms with Gasteiger partial charge in [-0.15, -0.1) is 58.9 Å². The molecular formula is C53H58N2Na2O14S2. The van der Waals surface area contributed by atoms with E-state index < -0.39 is 26.6 Å². The largest absolute Gasteiger partial charge is 1.00 e. The minimum absolute atomic E-state index is 0. The van der Waals surface area contributed by atoms with Crippen molar-refractivity contribution in [3.63, 3.8) is 0 Å². The first-order valence-electron chi connectivity index (χ1n) is 23.5. The molecule has 378 valence electrons. The molecule has 0 spiro atoms. The minimum atomic E-state index is -3.11. The van der Waals surface area contributed by atoms with Crippen molar-refractivity contribution in [2.75, 3.05) is 49.3 Å². The molecule has 9 rings (SSSR count). The normalized spacial score (nSPS) is 20.5. The zero-order valence-corrected chi connectivity index (χ0v) is 48.4. The molecule has 0 N–H and O–H groups in total. The molecule has 4 atom stereocenters. The van der Waals surface area contributed by atoms with Gasteiger partial charge in [-0.2, -0.15) is 48.5 Å². The SMILES string of the molecule is CCOC(=O)CC1(C)C2=C3C=C4C=CC(=O)C=C4OC3CCN2c2ccc3c[c-]ccc3c21.CCOC(=O)CC1(C)c2c(ccc3c[c-]ccc23)N(CCC(OCC)OCC)C1C.O=S(=O)=O.O=S(=O)=O.[Na+].[Na+]. The second kappa shape index (κ2) is 27.4. The predicted molar refractivity (Wildman–Crippen MR) is 265 cm³/mol. The number of ether oxygens (including phenoxy) is 5. The maximum atomic E-state index is 12.9.